The molecule has 2 rings (SSSR count). The van der Waals surface area contributed by atoms with Gasteiger partial charge in [0.05, 0.1) is 6.42 Å². The fourth-order valence-corrected chi connectivity index (χ4v) is 2.42. The lowest BCUT2D eigenvalue weighted by Gasteiger charge is -2.12. The summed E-state index contributed by atoms with van der Waals surface area (Å²) in [6.07, 6.45) is 2.31. The Kier molecular flexibility index (Phi) is 4.57. The molecule has 1 aliphatic carbocycles. The second-order valence-electron chi connectivity index (χ2n) is 5.12. The number of rotatable bonds is 4. The van der Waals surface area contributed by atoms with E-state index in [9.17, 15) is 14.4 Å². The molecule has 21 heavy (non-hydrogen) atoms. The van der Waals surface area contributed by atoms with E-state index in [0.29, 0.717) is 0 Å². The molecule has 6 nitrogen and oxygen atoms in total. The molecular weight excluding hydrogens is 272 g/mol. The molecule has 0 bridgehead atoms. The van der Waals surface area contributed by atoms with Crippen LogP contribution in [0.25, 0.3) is 0 Å². The van der Waals surface area contributed by atoms with Crippen molar-refractivity contribution in [3.63, 3.8) is 0 Å². The Labute approximate surface area is 122 Å². The molecule has 1 aliphatic rings. The highest BCUT2D eigenvalue weighted by Gasteiger charge is 2.19. The van der Waals surface area contributed by atoms with Gasteiger partial charge in [-0.15, -0.1) is 0 Å². The number of carbonyl (C=O) groups is 3. The number of hydrogen-bond acceptors (Lipinski definition) is 4. The number of esters is 1. The minimum atomic E-state index is -1.06. The lowest BCUT2D eigenvalue weighted by Crippen LogP contribution is -2.42. The van der Waals surface area contributed by atoms with Gasteiger partial charge in [0.15, 0.2) is 6.10 Å². The lowest BCUT2D eigenvalue weighted by molar-refractivity contribution is -0.153. The molecule has 1 aromatic carbocycles. The molecule has 0 saturated heterocycles. The third-order valence-corrected chi connectivity index (χ3v) is 3.44. The van der Waals surface area contributed by atoms with Gasteiger partial charge in [-0.2, -0.15) is 0 Å². The second-order valence-corrected chi connectivity index (χ2v) is 5.12. The summed E-state index contributed by atoms with van der Waals surface area (Å²) in [4.78, 5) is 33.7. The number of imide groups is 1. The van der Waals surface area contributed by atoms with Crippen molar-refractivity contribution in [2.24, 2.45) is 5.73 Å². The van der Waals surface area contributed by atoms with Crippen molar-refractivity contribution in [2.75, 3.05) is 0 Å². The van der Waals surface area contributed by atoms with Gasteiger partial charge >= 0.3 is 12.0 Å². The van der Waals surface area contributed by atoms with E-state index in [1.165, 1.54) is 18.1 Å². The van der Waals surface area contributed by atoms with E-state index in [0.717, 1.165) is 24.8 Å². The average molecular weight is 290 g/mol. The summed E-state index contributed by atoms with van der Waals surface area (Å²) >= 11 is 0. The predicted molar refractivity (Wildman–Crippen MR) is 75.5 cm³/mol. The fraction of sp³-hybridized carbons (Fsp3) is 0.400. The van der Waals surface area contributed by atoms with Crippen molar-refractivity contribution in [3.05, 3.63) is 34.9 Å². The Balaban J connectivity index is 1.89. The van der Waals surface area contributed by atoms with Gasteiger partial charge in [0.25, 0.3) is 5.91 Å². The fourth-order valence-electron chi connectivity index (χ4n) is 2.42. The summed E-state index contributed by atoms with van der Waals surface area (Å²) in [5.41, 5.74) is 8.30. The van der Waals surface area contributed by atoms with Crippen LogP contribution in [0.15, 0.2) is 18.2 Å². The molecule has 0 heterocycles. The topological polar surface area (TPSA) is 98.5 Å². The van der Waals surface area contributed by atoms with Crippen LogP contribution in [0.5, 0.6) is 0 Å². The van der Waals surface area contributed by atoms with Crippen LogP contribution in [0.3, 0.4) is 0 Å². The van der Waals surface area contributed by atoms with E-state index in [4.69, 9.17) is 10.5 Å². The molecule has 0 spiro atoms. The summed E-state index contributed by atoms with van der Waals surface area (Å²) in [5, 5.41) is 1.87. The third kappa shape index (κ3) is 4.05. The highest BCUT2D eigenvalue weighted by atomic mass is 16.5. The van der Waals surface area contributed by atoms with Crippen LogP contribution in [-0.2, 0) is 33.6 Å². The SMILES string of the molecule is C[C@H](OC(=O)Cc1ccc2c(c1)CCC2)C(=O)NC(N)=O. The number of primary amides is 1. The first-order valence-electron chi connectivity index (χ1n) is 6.86. The van der Waals surface area contributed by atoms with Gasteiger partial charge in [-0.25, -0.2) is 4.79 Å². The molecule has 3 N–H and O–H groups in total. The first-order valence-corrected chi connectivity index (χ1v) is 6.86. The zero-order valence-corrected chi connectivity index (χ0v) is 11.8. The number of aryl methyl sites for hydroxylation is 2. The van der Waals surface area contributed by atoms with E-state index in [-0.39, 0.29) is 6.42 Å². The molecule has 3 amide bonds. The number of benzene rings is 1. The van der Waals surface area contributed by atoms with Gasteiger partial charge in [-0.05, 0) is 42.9 Å². The first kappa shape index (κ1) is 15.0. The van der Waals surface area contributed by atoms with Gasteiger partial charge in [0.2, 0.25) is 0 Å². The first-order chi connectivity index (χ1) is 9.95. The van der Waals surface area contributed by atoms with Crippen molar-refractivity contribution in [1.29, 1.82) is 0 Å². The lowest BCUT2D eigenvalue weighted by atomic mass is 10.0. The minimum Gasteiger partial charge on any atom is -0.452 e. The molecule has 0 aliphatic heterocycles. The molecule has 6 heteroatoms. The molecule has 0 saturated carbocycles. The van der Waals surface area contributed by atoms with Crippen LogP contribution in [-0.4, -0.2) is 24.0 Å². The van der Waals surface area contributed by atoms with Gasteiger partial charge in [0, 0.05) is 0 Å². The quantitative estimate of drug-likeness (QED) is 0.803. The maximum absolute atomic E-state index is 11.8. The normalized spacial score (nSPS) is 14.1. The van der Waals surface area contributed by atoms with Gasteiger partial charge in [-0.1, -0.05) is 18.2 Å². The van der Waals surface area contributed by atoms with Crippen molar-refractivity contribution in [1.82, 2.24) is 5.32 Å². The van der Waals surface area contributed by atoms with Crippen LogP contribution < -0.4 is 11.1 Å². The number of nitrogens with one attached hydrogen (secondary N) is 1. The largest absolute Gasteiger partial charge is 0.452 e. The number of hydrogen-bond donors (Lipinski definition) is 2. The molecular formula is C15H18N2O4. The maximum Gasteiger partial charge on any atom is 0.318 e. The molecule has 0 radical (unpaired) electrons. The van der Waals surface area contributed by atoms with Crippen molar-refractivity contribution in [3.8, 4) is 0 Å². The predicted octanol–water partition coefficient (Wildman–Crippen LogP) is 0.844. The summed E-state index contributed by atoms with van der Waals surface area (Å²) in [6.45, 7) is 1.39. The zero-order valence-electron chi connectivity index (χ0n) is 11.8. The molecule has 1 atom stereocenters. The van der Waals surface area contributed by atoms with Gasteiger partial charge < -0.3 is 10.5 Å². The third-order valence-electron chi connectivity index (χ3n) is 3.44. The standard InChI is InChI=1S/C15H18N2O4/c1-9(14(19)17-15(16)20)21-13(18)8-10-5-6-11-3-2-4-12(11)7-10/h5-7,9H,2-4,8H2,1H3,(H3,16,17,19,20)/t9-/m0/s1. The number of ether oxygens (including phenoxy) is 1. The highest BCUT2D eigenvalue weighted by molar-refractivity contribution is 5.96. The van der Waals surface area contributed by atoms with E-state index in [2.05, 4.69) is 0 Å². The molecule has 0 unspecified atom stereocenters. The van der Waals surface area contributed by atoms with E-state index < -0.39 is 24.0 Å². The Morgan fingerprint density at radius 2 is 2.00 bits per heavy atom. The Morgan fingerprint density at radius 3 is 2.71 bits per heavy atom. The number of urea groups is 1. The molecule has 0 fully saturated rings. The van der Waals surface area contributed by atoms with Gasteiger partial charge in [0.1, 0.15) is 0 Å². The van der Waals surface area contributed by atoms with Crippen LogP contribution in [0, 0.1) is 0 Å². The van der Waals surface area contributed by atoms with E-state index in [1.54, 1.807) is 0 Å². The monoisotopic (exact) mass is 290 g/mol. The van der Waals surface area contributed by atoms with Crippen molar-refractivity contribution >= 4 is 17.9 Å². The Hall–Kier alpha value is -2.37. The van der Waals surface area contributed by atoms with Crippen molar-refractivity contribution < 1.29 is 19.1 Å². The summed E-state index contributed by atoms with van der Waals surface area (Å²) in [6, 6.07) is 4.98. The molecule has 1 aromatic rings. The van der Waals surface area contributed by atoms with Crippen LogP contribution in [0.4, 0.5) is 4.79 Å². The smallest absolute Gasteiger partial charge is 0.318 e. The van der Waals surface area contributed by atoms with Crippen LogP contribution in [0.1, 0.15) is 30.0 Å². The highest BCUT2D eigenvalue weighted by Crippen LogP contribution is 2.23. The summed E-state index contributed by atoms with van der Waals surface area (Å²) < 4.78 is 4.98. The Bertz CT molecular complexity index is 583. The number of fused-ring (bicyclic) bond motifs is 1. The summed E-state index contributed by atoms with van der Waals surface area (Å²) in [7, 11) is 0. The number of amides is 3. The number of carbonyl (C=O) groups excluding carboxylic acids is 3. The minimum absolute atomic E-state index is 0.0987. The van der Waals surface area contributed by atoms with E-state index in [1.807, 2.05) is 23.5 Å². The molecule has 112 valence electrons. The maximum atomic E-state index is 11.8. The molecule has 0 aromatic heterocycles. The number of nitrogens with two attached hydrogens (primary N) is 1. The Morgan fingerprint density at radius 1 is 1.29 bits per heavy atom. The van der Waals surface area contributed by atoms with Crippen LogP contribution in [0.2, 0.25) is 0 Å². The van der Waals surface area contributed by atoms with E-state index >= 15 is 0 Å². The van der Waals surface area contributed by atoms with Crippen LogP contribution >= 0.6 is 0 Å². The average Bonchev–Trinajstić information content (AvgIpc) is 2.84. The second kappa shape index (κ2) is 6.39. The zero-order chi connectivity index (χ0) is 15.4. The van der Waals surface area contributed by atoms with Crippen molar-refractivity contribution in [2.45, 2.75) is 38.7 Å². The van der Waals surface area contributed by atoms with Gasteiger partial charge in [-0.3, -0.25) is 14.9 Å². The summed E-state index contributed by atoms with van der Waals surface area (Å²) in [5.74, 6) is -1.25.